The molecule has 36 heavy (non-hydrogen) atoms. The smallest absolute Gasteiger partial charge is 0.396 e. The minimum Gasteiger partial charge on any atom is -0.487 e. The second-order valence-corrected chi connectivity index (χ2v) is 10.6. The number of halogens is 4. The number of oxazole rings is 1. The number of aryl methyl sites for hydroxylation is 1. The van der Waals surface area contributed by atoms with Crippen LogP contribution < -0.4 is 15.0 Å². The van der Waals surface area contributed by atoms with Crippen LogP contribution in [0.2, 0.25) is 0 Å². The molecular weight excluding hydrogens is 478 g/mol. The number of fused-ring (bicyclic) bond motifs is 1. The van der Waals surface area contributed by atoms with Crippen LogP contribution in [-0.2, 0) is 6.42 Å². The third-order valence-corrected chi connectivity index (χ3v) is 8.06. The Hall–Kier alpha value is -2.78. The average Bonchev–Trinajstić information content (AvgIpc) is 3.17. The lowest BCUT2D eigenvalue weighted by atomic mass is 9.75. The molecule has 3 aliphatic rings. The Morgan fingerprint density at radius 3 is 2.44 bits per heavy atom. The number of nitrogens with zero attached hydrogens (tertiary/aromatic N) is 2. The third-order valence-electron chi connectivity index (χ3n) is 8.06. The van der Waals surface area contributed by atoms with Crippen molar-refractivity contribution in [2.45, 2.75) is 71.6 Å². The predicted molar refractivity (Wildman–Crippen MR) is 126 cm³/mol. The molecule has 1 N–H and O–H groups in total. The molecule has 0 radical (unpaired) electrons. The van der Waals surface area contributed by atoms with Crippen molar-refractivity contribution in [1.82, 2.24) is 4.98 Å². The van der Waals surface area contributed by atoms with E-state index in [9.17, 15) is 22.4 Å². The summed E-state index contributed by atoms with van der Waals surface area (Å²) in [7, 11) is 0. The molecule has 10 heteroatoms. The second-order valence-electron chi connectivity index (χ2n) is 10.6. The van der Waals surface area contributed by atoms with Crippen LogP contribution in [0.4, 0.5) is 29.3 Å². The van der Waals surface area contributed by atoms with E-state index in [1.165, 1.54) is 6.42 Å². The molecular formula is C26H31F4N3O3. The lowest BCUT2D eigenvalue weighted by molar-refractivity contribution is -0.130. The molecule has 0 spiro atoms. The summed E-state index contributed by atoms with van der Waals surface area (Å²) < 4.78 is 65.8. The van der Waals surface area contributed by atoms with Gasteiger partial charge in [-0.25, -0.2) is 4.39 Å². The number of carbonyl (C=O) groups is 1. The van der Waals surface area contributed by atoms with Gasteiger partial charge in [-0.2, -0.15) is 18.2 Å². The molecule has 2 saturated carbocycles. The number of nitrogens with one attached hydrogen (secondary N) is 1. The van der Waals surface area contributed by atoms with E-state index < -0.39 is 35.8 Å². The summed E-state index contributed by atoms with van der Waals surface area (Å²) in [5, 5.41) is 2.49. The zero-order valence-electron chi connectivity index (χ0n) is 20.7. The number of ether oxygens (including phenoxy) is 1. The Morgan fingerprint density at radius 2 is 1.86 bits per heavy atom. The summed E-state index contributed by atoms with van der Waals surface area (Å²) in [5.74, 6) is -0.548. The van der Waals surface area contributed by atoms with Crippen molar-refractivity contribution in [3.05, 3.63) is 35.0 Å². The fraction of sp³-hybridized carbons (Fsp3) is 0.615. The quantitative estimate of drug-likeness (QED) is 0.424. The summed E-state index contributed by atoms with van der Waals surface area (Å²) in [4.78, 5) is 18.8. The Morgan fingerprint density at radius 1 is 1.19 bits per heavy atom. The molecule has 1 aliphatic heterocycles. The Balaban J connectivity index is 1.32. The number of anilines is 2. The molecule has 3 fully saturated rings. The van der Waals surface area contributed by atoms with Crippen LogP contribution in [0.5, 0.6) is 5.75 Å². The van der Waals surface area contributed by atoms with Gasteiger partial charge in [0.2, 0.25) is 0 Å². The minimum atomic E-state index is -4.58. The average molecular weight is 510 g/mol. The first-order valence-electron chi connectivity index (χ1n) is 12.6. The van der Waals surface area contributed by atoms with Crippen LogP contribution in [0.1, 0.15) is 67.8 Å². The Kier molecular flexibility index (Phi) is 6.19. The molecule has 1 saturated heterocycles. The van der Waals surface area contributed by atoms with Crippen LogP contribution in [0.15, 0.2) is 16.5 Å². The fourth-order valence-electron chi connectivity index (χ4n) is 5.61. The van der Waals surface area contributed by atoms with Crippen LogP contribution in [0.3, 0.4) is 0 Å². The first kappa shape index (κ1) is 24.9. The summed E-state index contributed by atoms with van der Waals surface area (Å²) in [6.07, 6.45) is -1.09. The standard InChI is InChI=1S/C26H31F4N3O3/c1-4-25(5-2)12-33(13-25)24-32-21(20(36-24)11-26(28,29)30)23(34)31-17-6-14(3)22(19(27)10-17)35-18-8-15-7-16(15)9-18/h6,10,15-16,18H,4-5,7-9,11-13H2,1-3H3,(H,31,34)/t15-,16+,18?. The van der Waals surface area contributed by atoms with Crippen LogP contribution >= 0.6 is 0 Å². The van der Waals surface area contributed by atoms with Gasteiger partial charge in [-0.15, -0.1) is 0 Å². The number of aromatic nitrogens is 1. The lowest BCUT2D eigenvalue weighted by Crippen LogP contribution is -2.56. The number of alkyl halides is 3. The van der Waals surface area contributed by atoms with E-state index in [-0.39, 0.29) is 29.0 Å². The molecule has 1 unspecified atom stereocenters. The molecule has 1 amide bonds. The second kappa shape index (κ2) is 8.95. The van der Waals surface area contributed by atoms with Crippen molar-refractivity contribution >= 4 is 17.6 Å². The van der Waals surface area contributed by atoms with Crippen molar-refractivity contribution in [3.63, 3.8) is 0 Å². The van der Waals surface area contributed by atoms with Crippen molar-refractivity contribution in [2.75, 3.05) is 23.3 Å². The lowest BCUT2D eigenvalue weighted by Gasteiger charge is -2.49. The van der Waals surface area contributed by atoms with Crippen molar-refractivity contribution < 1.29 is 31.5 Å². The maximum atomic E-state index is 14.9. The van der Waals surface area contributed by atoms with Crippen molar-refractivity contribution in [1.29, 1.82) is 0 Å². The third kappa shape index (κ3) is 4.91. The highest BCUT2D eigenvalue weighted by Gasteiger charge is 2.47. The maximum Gasteiger partial charge on any atom is 0.396 e. The fourth-order valence-corrected chi connectivity index (χ4v) is 5.61. The Labute approximate surface area is 207 Å². The zero-order chi connectivity index (χ0) is 25.8. The number of hydrogen-bond donors (Lipinski definition) is 1. The van der Waals surface area contributed by atoms with Crippen molar-refractivity contribution in [3.8, 4) is 5.75 Å². The van der Waals surface area contributed by atoms with E-state index in [4.69, 9.17) is 9.15 Å². The highest BCUT2D eigenvalue weighted by Crippen LogP contribution is 2.52. The van der Waals surface area contributed by atoms with Crippen LogP contribution in [0.25, 0.3) is 0 Å². The first-order valence-corrected chi connectivity index (χ1v) is 12.6. The molecule has 196 valence electrons. The van der Waals surface area contributed by atoms with Crippen molar-refractivity contribution in [2.24, 2.45) is 17.3 Å². The molecule has 2 aliphatic carbocycles. The predicted octanol–water partition coefficient (Wildman–Crippen LogP) is 6.28. The van der Waals surface area contributed by atoms with E-state index in [0.717, 1.165) is 31.7 Å². The van der Waals surface area contributed by atoms with Gasteiger partial charge in [0.15, 0.2) is 17.3 Å². The highest BCUT2D eigenvalue weighted by molar-refractivity contribution is 6.04. The summed E-state index contributed by atoms with van der Waals surface area (Å²) in [5.41, 5.74) is 0.229. The van der Waals surface area contributed by atoms with E-state index in [0.29, 0.717) is 30.5 Å². The van der Waals surface area contributed by atoms with E-state index in [1.807, 2.05) is 0 Å². The topological polar surface area (TPSA) is 67.6 Å². The number of benzene rings is 1. The minimum absolute atomic E-state index is 0.00218. The van der Waals surface area contributed by atoms with Crippen LogP contribution in [-0.4, -0.2) is 36.3 Å². The molecule has 2 aromatic rings. The summed E-state index contributed by atoms with van der Waals surface area (Å²) in [6, 6.07) is 2.66. The van der Waals surface area contributed by atoms with Gasteiger partial charge in [-0.05, 0) is 62.5 Å². The number of hydrogen-bond acceptors (Lipinski definition) is 5. The number of carbonyl (C=O) groups excluding carboxylic acids is 1. The van der Waals surface area contributed by atoms with Gasteiger partial charge >= 0.3 is 6.18 Å². The van der Waals surface area contributed by atoms with Gasteiger partial charge in [0.1, 0.15) is 12.2 Å². The van der Waals surface area contributed by atoms with Gasteiger partial charge in [-0.3, -0.25) is 4.79 Å². The van der Waals surface area contributed by atoms with Gasteiger partial charge in [0, 0.05) is 30.3 Å². The SMILES string of the molecule is CCC1(CC)CN(c2nc(C(=O)Nc3cc(C)c(OC4C[C@@H]5C[C@@H]5C4)c(F)c3)c(CC(F)(F)F)o2)C1. The maximum absolute atomic E-state index is 14.9. The van der Waals surface area contributed by atoms with E-state index >= 15 is 0 Å². The van der Waals surface area contributed by atoms with Gasteiger partial charge in [-0.1, -0.05) is 13.8 Å². The van der Waals surface area contributed by atoms with Gasteiger partial charge in [0.05, 0.1) is 6.10 Å². The number of amides is 1. The Bertz CT molecular complexity index is 1120. The monoisotopic (exact) mass is 509 g/mol. The number of rotatable bonds is 8. The van der Waals surface area contributed by atoms with E-state index in [1.54, 1.807) is 17.9 Å². The summed E-state index contributed by atoms with van der Waals surface area (Å²) in [6.45, 7) is 7.00. The molecule has 6 nitrogen and oxygen atoms in total. The summed E-state index contributed by atoms with van der Waals surface area (Å²) >= 11 is 0. The first-order chi connectivity index (χ1) is 17.0. The molecule has 0 bridgehead atoms. The largest absolute Gasteiger partial charge is 0.487 e. The molecule has 5 rings (SSSR count). The normalized spacial score (nSPS) is 24.3. The van der Waals surface area contributed by atoms with Gasteiger partial charge < -0.3 is 19.4 Å². The zero-order valence-corrected chi connectivity index (χ0v) is 20.7. The van der Waals surface area contributed by atoms with E-state index in [2.05, 4.69) is 24.1 Å². The molecule has 1 aromatic carbocycles. The van der Waals surface area contributed by atoms with Gasteiger partial charge in [0.25, 0.3) is 11.9 Å². The molecule has 3 atom stereocenters. The molecule has 2 heterocycles. The van der Waals surface area contributed by atoms with Crippen LogP contribution in [0, 0.1) is 30.0 Å². The molecule has 1 aromatic heterocycles. The highest BCUT2D eigenvalue weighted by atomic mass is 19.4.